The number of hydrogen-bond acceptors (Lipinski definition) is 18. The van der Waals surface area contributed by atoms with Gasteiger partial charge in [0.1, 0.15) is 73.2 Å². The summed E-state index contributed by atoms with van der Waals surface area (Å²) in [6, 6.07) is -0.987. The van der Waals surface area contributed by atoms with Crippen LogP contribution < -0.4 is 5.32 Å². The van der Waals surface area contributed by atoms with Crippen molar-refractivity contribution in [3.05, 3.63) is 24.3 Å². The molecular formula is C75H141NO18. The summed E-state index contributed by atoms with van der Waals surface area (Å²) in [6.45, 7) is 1.76. The molecule has 0 aromatic heterocycles. The Bertz CT molecular complexity index is 1800. The SMILES string of the molecule is CCCCCCCCCCCCCCCCCCCCCCCCCCC/C=C/CC/C=C/C(O)C(COC1OC(CO)C(OC2OC(CO)C(OC3OC(CO)C(O)C(O)C3O)C(O)C2O)C(O)C1O)NC(=O)CCCCCCCCCCCCCCCCCCCC. The van der Waals surface area contributed by atoms with Crippen LogP contribution in [0.4, 0.5) is 0 Å². The van der Waals surface area contributed by atoms with E-state index in [1.165, 1.54) is 244 Å². The highest BCUT2D eigenvalue weighted by Crippen LogP contribution is 2.33. The van der Waals surface area contributed by atoms with Gasteiger partial charge in [0.25, 0.3) is 0 Å². The fraction of sp³-hybridized carbons (Fsp3) is 0.933. The molecule has 0 spiro atoms. The van der Waals surface area contributed by atoms with E-state index >= 15 is 0 Å². The molecule has 3 saturated heterocycles. The standard InChI is InChI=1S/C75H141NO18/c1-3-5-7-9-11-13-15-17-19-21-23-24-25-26-27-28-29-30-31-32-33-34-35-36-38-40-42-44-46-48-50-52-59(80)58(76-63(81)53-51-49-47-45-43-41-39-37-22-20-18-16-14-12-10-8-6-4-2)57-89-73-69(87)66(84)71(61(55-78)91-73)94-75-70(88)67(85)72(62(56-79)92-75)93-74-68(86)65(83)64(82)60(54-77)90-74/h42,44,50,52,58-62,64-75,77-80,82-88H,3-41,43,45-49,51,53-57H2,1-2H3,(H,76,81)/b44-42+,52-50+. The topological polar surface area (TPSA) is 307 Å². The predicted octanol–water partition coefficient (Wildman–Crippen LogP) is 11.8. The zero-order valence-electron chi connectivity index (χ0n) is 59.0. The smallest absolute Gasteiger partial charge is 0.220 e. The van der Waals surface area contributed by atoms with Gasteiger partial charge in [-0.1, -0.05) is 301 Å². The van der Waals surface area contributed by atoms with Crippen molar-refractivity contribution in [1.82, 2.24) is 5.32 Å². The van der Waals surface area contributed by atoms with E-state index in [0.29, 0.717) is 12.8 Å². The lowest BCUT2D eigenvalue weighted by Gasteiger charge is -2.48. The van der Waals surface area contributed by atoms with Gasteiger partial charge in [-0.15, -0.1) is 0 Å². The van der Waals surface area contributed by atoms with Gasteiger partial charge in [-0.2, -0.15) is 0 Å². The van der Waals surface area contributed by atoms with Gasteiger partial charge in [0.2, 0.25) is 5.91 Å². The summed E-state index contributed by atoms with van der Waals surface area (Å²) in [5.74, 6) is -0.279. The number of allylic oxidation sites excluding steroid dienone is 3. The summed E-state index contributed by atoms with van der Waals surface area (Å²) in [5.41, 5.74) is 0. The number of ether oxygens (including phenoxy) is 6. The van der Waals surface area contributed by atoms with Crippen LogP contribution in [0.15, 0.2) is 24.3 Å². The molecule has 1 amide bonds. The molecule has 3 aliphatic heterocycles. The van der Waals surface area contributed by atoms with Crippen molar-refractivity contribution >= 4 is 5.91 Å². The lowest BCUT2D eigenvalue weighted by molar-refractivity contribution is -0.379. The van der Waals surface area contributed by atoms with Crippen molar-refractivity contribution in [2.24, 2.45) is 0 Å². The number of aliphatic hydroxyl groups is 11. The zero-order chi connectivity index (χ0) is 68.2. The maximum atomic E-state index is 13.4. The molecule has 3 aliphatic rings. The summed E-state index contributed by atoms with van der Waals surface area (Å²) in [4.78, 5) is 13.4. The molecule has 554 valence electrons. The van der Waals surface area contributed by atoms with Gasteiger partial charge >= 0.3 is 0 Å². The monoisotopic (exact) mass is 1340 g/mol. The Hall–Kier alpha value is -1.73. The van der Waals surface area contributed by atoms with Crippen LogP contribution in [0.2, 0.25) is 0 Å². The number of rotatable bonds is 61. The Labute approximate surface area is 568 Å². The molecule has 3 rings (SSSR count). The summed E-state index contributed by atoms with van der Waals surface area (Å²) in [5, 5.41) is 121. The number of amides is 1. The van der Waals surface area contributed by atoms with Crippen molar-refractivity contribution < 1.29 is 89.4 Å². The van der Waals surface area contributed by atoms with Crippen molar-refractivity contribution in [2.45, 2.75) is 420 Å². The van der Waals surface area contributed by atoms with E-state index in [-0.39, 0.29) is 18.9 Å². The Balaban J connectivity index is 1.39. The Morgan fingerprint density at radius 2 is 0.681 bits per heavy atom. The first-order valence-corrected chi connectivity index (χ1v) is 38.6. The molecule has 19 nitrogen and oxygen atoms in total. The van der Waals surface area contributed by atoms with E-state index in [2.05, 4.69) is 31.3 Å². The van der Waals surface area contributed by atoms with Crippen molar-refractivity contribution in [2.75, 3.05) is 26.4 Å². The molecule has 17 unspecified atom stereocenters. The molecule has 3 fully saturated rings. The van der Waals surface area contributed by atoms with Gasteiger partial charge < -0.3 is 89.9 Å². The van der Waals surface area contributed by atoms with Crippen LogP contribution in [0.5, 0.6) is 0 Å². The second-order valence-corrected chi connectivity index (χ2v) is 27.8. The quantitative estimate of drug-likeness (QED) is 0.0199. The van der Waals surface area contributed by atoms with Crippen molar-refractivity contribution in [3.63, 3.8) is 0 Å². The first-order valence-electron chi connectivity index (χ1n) is 38.6. The molecule has 0 aromatic rings. The molecule has 94 heavy (non-hydrogen) atoms. The van der Waals surface area contributed by atoms with Crippen LogP contribution in [-0.4, -0.2) is 193 Å². The highest BCUT2D eigenvalue weighted by molar-refractivity contribution is 5.76. The minimum Gasteiger partial charge on any atom is -0.394 e. The van der Waals surface area contributed by atoms with Crippen LogP contribution in [0.1, 0.15) is 316 Å². The first kappa shape index (κ1) is 86.5. The number of nitrogens with one attached hydrogen (secondary N) is 1. The number of carbonyl (C=O) groups is 1. The van der Waals surface area contributed by atoms with Gasteiger partial charge in [-0.05, 0) is 32.1 Å². The molecule has 0 aliphatic carbocycles. The maximum absolute atomic E-state index is 13.4. The molecule has 12 N–H and O–H groups in total. The van der Waals surface area contributed by atoms with Gasteiger partial charge in [0.15, 0.2) is 18.9 Å². The molecule has 0 bridgehead atoms. The van der Waals surface area contributed by atoms with E-state index in [0.717, 1.165) is 38.5 Å². The van der Waals surface area contributed by atoms with Crippen molar-refractivity contribution in [1.29, 1.82) is 0 Å². The first-order chi connectivity index (χ1) is 45.8. The second-order valence-electron chi connectivity index (χ2n) is 27.8. The Morgan fingerprint density at radius 1 is 0.372 bits per heavy atom. The molecule has 17 atom stereocenters. The number of unbranched alkanes of at least 4 members (excludes halogenated alkanes) is 43. The molecule has 0 saturated carbocycles. The molecular weight excluding hydrogens is 1200 g/mol. The molecule has 19 heteroatoms. The average Bonchev–Trinajstić information content (AvgIpc) is 0.787. The Kier molecular flexibility index (Phi) is 52.4. The van der Waals surface area contributed by atoms with Gasteiger partial charge in [-0.3, -0.25) is 4.79 Å². The molecule has 0 aromatic carbocycles. The maximum Gasteiger partial charge on any atom is 0.220 e. The minimum atomic E-state index is -1.98. The second kappa shape index (κ2) is 57.0. The normalized spacial score (nSPS) is 27.4. The largest absolute Gasteiger partial charge is 0.394 e. The van der Waals surface area contributed by atoms with Crippen LogP contribution in [0.3, 0.4) is 0 Å². The third-order valence-electron chi connectivity index (χ3n) is 19.5. The van der Waals surface area contributed by atoms with E-state index in [1.807, 2.05) is 6.08 Å². The highest BCUT2D eigenvalue weighted by atomic mass is 16.8. The summed E-state index contributed by atoms with van der Waals surface area (Å²) in [7, 11) is 0. The minimum absolute atomic E-state index is 0.241. The van der Waals surface area contributed by atoms with Crippen LogP contribution >= 0.6 is 0 Å². The van der Waals surface area contributed by atoms with E-state index in [4.69, 9.17) is 28.4 Å². The predicted molar refractivity (Wildman–Crippen MR) is 370 cm³/mol. The average molecular weight is 1340 g/mol. The fourth-order valence-electron chi connectivity index (χ4n) is 13.3. The van der Waals surface area contributed by atoms with Gasteiger partial charge in [0.05, 0.1) is 38.6 Å². The van der Waals surface area contributed by atoms with E-state index in [9.17, 15) is 61.0 Å². The Morgan fingerprint density at radius 3 is 1.06 bits per heavy atom. The van der Waals surface area contributed by atoms with E-state index < -0.39 is 124 Å². The number of carbonyl (C=O) groups excluding carboxylic acids is 1. The summed E-state index contributed by atoms with van der Waals surface area (Å²) < 4.78 is 34.4. The van der Waals surface area contributed by atoms with Gasteiger partial charge in [0, 0.05) is 6.42 Å². The third-order valence-corrected chi connectivity index (χ3v) is 19.5. The van der Waals surface area contributed by atoms with Crippen LogP contribution in [-0.2, 0) is 33.2 Å². The summed E-state index contributed by atoms with van der Waals surface area (Å²) in [6.07, 6.45) is 40.3. The lowest BCUT2D eigenvalue weighted by atomic mass is 9.96. The number of aliphatic hydroxyl groups excluding tert-OH is 11. The summed E-state index contributed by atoms with van der Waals surface area (Å²) >= 11 is 0. The van der Waals surface area contributed by atoms with E-state index in [1.54, 1.807) is 6.08 Å². The molecule has 0 radical (unpaired) electrons. The van der Waals surface area contributed by atoms with Crippen molar-refractivity contribution in [3.8, 4) is 0 Å². The molecule has 3 heterocycles. The van der Waals surface area contributed by atoms with Crippen LogP contribution in [0.25, 0.3) is 0 Å². The lowest BCUT2D eigenvalue weighted by Crippen LogP contribution is -2.66. The zero-order valence-corrected chi connectivity index (χ0v) is 59.0. The fourth-order valence-corrected chi connectivity index (χ4v) is 13.3. The third kappa shape index (κ3) is 37.6. The van der Waals surface area contributed by atoms with Gasteiger partial charge in [-0.25, -0.2) is 0 Å². The highest BCUT2D eigenvalue weighted by Gasteiger charge is 2.53. The van der Waals surface area contributed by atoms with Crippen LogP contribution in [0, 0.1) is 0 Å². The number of hydrogen-bond donors (Lipinski definition) is 12.